The second-order valence-electron chi connectivity index (χ2n) is 4.57. The van der Waals surface area contributed by atoms with E-state index in [0.29, 0.717) is 6.54 Å². The Morgan fingerprint density at radius 1 is 0.952 bits per heavy atom. The van der Waals surface area contributed by atoms with Crippen LogP contribution in [0.5, 0.6) is 11.5 Å². The molecular weight excluding hydrogens is 282 g/mol. The molecule has 21 heavy (non-hydrogen) atoms. The molecule has 2 aromatic carbocycles. The van der Waals surface area contributed by atoms with Gasteiger partial charge in [-0.05, 0) is 48.4 Å². The van der Waals surface area contributed by atoms with Gasteiger partial charge in [-0.1, -0.05) is 12.1 Å². The van der Waals surface area contributed by atoms with E-state index in [1.54, 1.807) is 7.11 Å². The molecule has 4 heteroatoms. The summed E-state index contributed by atoms with van der Waals surface area (Å²) in [7, 11) is 1.68. The van der Waals surface area contributed by atoms with Gasteiger partial charge in [-0.25, -0.2) is 0 Å². The van der Waals surface area contributed by atoms with E-state index in [2.05, 4.69) is 12.1 Å². The smallest absolute Gasteiger partial charge is 0.119 e. The van der Waals surface area contributed by atoms with Crippen LogP contribution in [0.3, 0.4) is 0 Å². The third kappa shape index (κ3) is 5.33. The van der Waals surface area contributed by atoms with Crippen LogP contribution in [0.25, 0.3) is 0 Å². The summed E-state index contributed by atoms with van der Waals surface area (Å²) in [6.07, 6.45) is 1.01. The fourth-order valence-electron chi connectivity index (χ4n) is 1.83. The molecule has 0 radical (unpaired) electrons. The van der Waals surface area contributed by atoms with Crippen molar-refractivity contribution in [1.29, 1.82) is 0 Å². The van der Waals surface area contributed by atoms with Gasteiger partial charge in [-0.15, -0.1) is 11.8 Å². The number of thioether (sulfide) groups is 1. The highest BCUT2D eigenvalue weighted by atomic mass is 32.2. The zero-order valence-electron chi connectivity index (χ0n) is 12.2. The second-order valence-corrected chi connectivity index (χ2v) is 5.74. The molecule has 0 spiro atoms. The second kappa shape index (κ2) is 8.60. The van der Waals surface area contributed by atoms with Crippen LogP contribution in [-0.4, -0.2) is 19.5 Å². The number of ether oxygens (including phenoxy) is 2. The SMILES string of the molecule is COc1ccc(SCCCOc2ccc(CN)cc2)cc1. The van der Waals surface area contributed by atoms with E-state index < -0.39 is 0 Å². The Morgan fingerprint density at radius 2 is 1.62 bits per heavy atom. The van der Waals surface area contributed by atoms with Crippen LogP contribution >= 0.6 is 11.8 Å². The average Bonchev–Trinajstić information content (AvgIpc) is 2.55. The highest BCUT2D eigenvalue weighted by Gasteiger charge is 1.97. The predicted molar refractivity (Wildman–Crippen MR) is 88.2 cm³/mol. The van der Waals surface area contributed by atoms with Crippen LogP contribution in [0, 0.1) is 0 Å². The van der Waals surface area contributed by atoms with Crippen molar-refractivity contribution in [2.24, 2.45) is 5.73 Å². The van der Waals surface area contributed by atoms with Crippen molar-refractivity contribution < 1.29 is 9.47 Å². The van der Waals surface area contributed by atoms with E-state index in [4.69, 9.17) is 15.2 Å². The Labute approximate surface area is 130 Å². The standard InChI is InChI=1S/C17H21NO2S/c1-19-15-7-9-17(10-8-15)21-12-2-11-20-16-5-3-14(13-18)4-6-16/h3-10H,2,11-13,18H2,1H3. The van der Waals surface area contributed by atoms with E-state index in [1.807, 2.05) is 48.2 Å². The average molecular weight is 303 g/mol. The van der Waals surface area contributed by atoms with Gasteiger partial charge in [0.25, 0.3) is 0 Å². The molecule has 0 heterocycles. The zero-order valence-corrected chi connectivity index (χ0v) is 13.1. The predicted octanol–water partition coefficient (Wildman–Crippen LogP) is 3.72. The van der Waals surface area contributed by atoms with Crippen LogP contribution in [0.15, 0.2) is 53.4 Å². The fraction of sp³-hybridized carbons (Fsp3) is 0.294. The Kier molecular flexibility index (Phi) is 6.44. The molecule has 0 atom stereocenters. The van der Waals surface area contributed by atoms with Crippen LogP contribution < -0.4 is 15.2 Å². The lowest BCUT2D eigenvalue weighted by Crippen LogP contribution is -2.00. The fourth-order valence-corrected chi connectivity index (χ4v) is 2.66. The highest BCUT2D eigenvalue weighted by Crippen LogP contribution is 2.22. The lowest BCUT2D eigenvalue weighted by Gasteiger charge is -2.07. The molecule has 0 aliphatic rings. The number of benzene rings is 2. The highest BCUT2D eigenvalue weighted by molar-refractivity contribution is 7.99. The van der Waals surface area contributed by atoms with Gasteiger partial charge in [0, 0.05) is 17.2 Å². The van der Waals surface area contributed by atoms with E-state index in [0.717, 1.165) is 35.8 Å². The van der Waals surface area contributed by atoms with E-state index in [9.17, 15) is 0 Å². The number of hydrogen-bond acceptors (Lipinski definition) is 4. The molecule has 0 amide bonds. The molecule has 0 unspecified atom stereocenters. The largest absolute Gasteiger partial charge is 0.497 e. The van der Waals surface area contributed by atoms with Crippen molar-refractivity contribution in [3.05, 3.63) is 54.1 Å². The summed E-state index contributed by atoms with van der Waals surface area (Å²) in [6, 6.07) is 16.1. The molecule has 0 aliphatic carbocycles. The maximum absolute atomic E-state index is 5.71. The maximum Gasteiger partial charge on any atom is 0.119 e. The van der Waals surface area contributed by atoms with Gasteiger partial charge < -0.3 is 15.2 Å². The molecule has 0 bridgehead atoms. The van der Waals surface area contributed by atoms with Crippen molar-refractivity contribution >= 4 is 11.8 Å². The van der Waals surface area contributed by atoms with Crippen molar-refractivity contribution in [3.63, 3.8) is 0 Å². The first-order valence-electron chi connectivity index (χ1n) is 7.00. The topological polar surface area (TPSA) is 44.5 Å². The lowest BCUT2D eigenvalue weighted by molar-refractivity contribution is 0.318. The number of nitrogens with two attached hydrogens (primary N) is 1. The third-order valence-electron chi connectivity index (χ3n) is 3.04. The molecule has 0 aromatic heterocycles. The van der Waals surface area contributed by atoms with Gasteiger partial charge in [0.15, 0.2) is 0 Å². The minimum atomic E-state index is 0.568. The first-order chi connectivity index (χ1) is 10.3. The monoisotopic (exact) mass is 303 g/mol. The quantitative estimate of drug-likeness (QED) is 0.596. The molecule has 0 saturated carbocycles. The number of hydrogen-bond donors (Lipinski definition) is 1. The van der Waals surface area contributed by atoms with Crippen LogP contribution in [-0.2, 0) is 6.54 Å². The van der Waals surface area contributed by atoms with Gasteiger partial charge in [-0.3, -0.25) is 0 Å². The van der Waals surface area contributed by atoms with Crippen molar-refractivity contribution in [2.75, 3.05) is 19.5 Å². The maximum atomic E-state index is 5.71. The summed E-state index contributed by atoms with van der Waals surface area (Å²) in [5.74, 6) is 2.83. The van der Waals surface area contributed by atoms with Crippen molar-refractivity contribution in [2.45, 2.75) is 17.9 Å². The molecule has 2 aromatic rings. The molecule has 2 rings (SSSR count). The minimum Gasteiger partial charge on any atom is -0.497 e. The van der Waals surface area contributed by atoms with Crippen LogP contribution in [0.2, 0.25) is 0 Å². The zero-order chi connectivity index (χ0) is 14.9. The molecule has 0 aliphatic heterocycles. The lowest BCUT2D eigenvalue weighted by atomic mass is 10.2. The molecule has 112 valence electrons. The molecular formula is C17H21NO2S. The Bertz CT molecular complexity index is 476. The summed E-state index contributed by atoms with van der Waals surface area (Å²) in [5.41, 5.74) is 6.68. The molecule has 2 N–H and O–H groups in total. The molecule has 0 fully saturated rings. The summed E-state index contributed by atoms with van der Waals surface area (Å²) in [4.78, 5) is 1.25. The van der Waals surface area contributed by atoms with E-state index in [-0.39, 0.29) is 0 Å². The third-order valence-corrected chi connectivity index (χ3v) is 4.14. The van der Waals surface area contributed by atoms with Crippen LogP contribution in [0.1, 0.15) is 12.0 Å². The van der Waals surface area contributed by atoms with Crippen molar-refractivity contribution in [1.82, 2.24) is 0 Å². The minimum absolute atomic E-state index is 0.568. The van der Waals surface area contributed by atoms with Gasteiger partial charge in [0.2, 0.25) is 0 Å². The van der Waals surface area contributed by atoms with E-state index in [1.165, 1.54) is 4.90 Å². The van der Waals surface area contributed by atoms with Gasteiger partial charge in [0.1, 0.15) is 11.5 Å². The Morgan fingerprint density at radius 3 is 2.24 bits per heavy atom. The summed E-state index contributed by atoms with van der Waals surface area (Å²) < 4.78 is 10.8. The first-order valence-corrected chi connectivity index (χ1v) is 7.99. The van der Waals surface area contributed by atoms with E-state index >= 15 is 0 Å². The van der Waals surface area contributed by atoms with Gasteiger partial charge in [-0.2, -0.15) is 0 Å². The molecule has 0 saturated heterocycles. The summed E-state index contributed by atoms with van der Waals surface area (Å²) >= 11 is 1.83. The van der Waals surface area contributed by atoms with Crippen molar-refractivity contribution in [3.8, 4) is 11.5 Å². The number of methoxy groups -OCH3 is 1. The normalized spacial score (nSPS) is 10.4. The van der Waals surface area contributed by atoms with Crippen LogP contribution in [0.4, 0.5) is 0 Å². The number of rotatable bonds is 8. The van der Waals surface area contributed by atoms with Gasteiger partial charge >= 0.3 is 0 Å². The van der Waals surface area contributed by atoms with Gasteiger partial charge in [0.05, 0.1) is 13.7 Å². The Hall–Kier alpha value is -1.65. The summed E-state index contributed by atoms with van der Waals surface area (Å²) in [6.45, 7) is 1.30. The Balaban J connectivity index is 1.64. The summed E-state index contributed by atoms with van der Waals surface area (Å²) in [5, 5.41) is 0. The molecule has 3 nitrogen and oxygen atoms in total. The first kappa shape index (κ1) is 15.7.